The second-order valence-electron chi connectivity index (χ2n) is 8.05. The van der Waals surface area contributed by atoms with Crippen molar-refractivity contribution in [1.29, 1.82) is 0 Å². The summed E-state index contributed by atoms with van der Waals surface area (Å²) in [7, 11) is 0. The Morgan fingerprint density at radius 3 is 2.68 bits per heavy atom. The zero-order chi connectivity index (χ0) is 20.1. The molecule has 2 aromatic rings. The number of aryl methyl sites for hydroxylation is 1. The molecule has 5 heteroatoms. The minimum Gasteiger partial charge on any atom is -0.323 e. The highest BCUT2D eigenvalue weighted by Crippen LogP contribution is 2.37. The third kappa shape index (κ3) is 5.58. The Kier molecular flexibility index (Phi) is 7.13. The Morgan fingerprint density at radius 2 is 2.00 bits per heavy atom. The van der Waals surface area contributed by atoms with Gasteiger partial charge in [0.05, 0.1) is 6.54 Å². The largest absolute Gasteiger partial charge is 0.323 e. The van der Waals surface area contributed by atoms with Crippen LogP contribution in [0.25, 0.3) is 0 Å². The molecule has 3 rings (SSSR count). The van der Waals surface area contributed by atoms with E-state index < -0.39 is 0 Å². The molecule has 1 aliphatic heterocycles. The minimum atomic E-state index is -0.240. The van der Waals surface area contributed by atoms with Gasteiger partial charge in [0.2, 0.25) is 0 Å². The first-order valence-electron chi connectivity index (χ1n) is 9.98. The smallest absolute Gasteiger partial charge is 0.278 e. The molecule has 150 valence electrons. The number of amides is 1. The van der Waals surface area contributed by atoms with Crippen molar-refractivity contribution in [2.75, 3.05) is 25.4 Å². The summed E-state index contributed by atoms with van der Waals surface area (Å²) in [5, 5.41) is -0.00707. The molecule has 0 spiro atoms. The molecule has 2 aromatic carbocycles. The van der Waals surface area contributed by atoms with Gasteiger partial charge in [-0.05, 0) is 24.6 Å². The lowest BCUT2D eigenvalue weighted by molar-refractivity contribution is -0.909. The molecule has 1 N–H and O–H groups in total. The molecule has 0 aliphatic carbocycles. The molecule has 0 aromatic heterocycles. The number of hydrogen-bond donors (Lipinski definition) is 1. The first-order valence-corrected chi connectivity index (χ1v) is 11.0. The topological polar surface area (TPSA) is 24.8 Å². The number of thioether (sulfide) groups is 1. The highest BCUT2D eigenvalue weighted by molar-refractivity contribution is 7.99. The van der Waals surface area contributed by atoms with Crippen molar-refractivity contribution in [3.8, 4) is 0 Å². The third-order valence-electron chi connectivity index (χ3n) is 5.00. The van der Waals surface area contributed by atoms with Crippen LogP contribution in [0.3, 0.4) is 0 Å². The number of rotatable bonds is 7. The number of nitrogens with zero attached hydrogens (tertiary/aromatic N) is 1. The van der Waals surface area contributed by atoms with Gasteiger partial charge in [-0.15, -0.1) is 11.8 Å². The van der Waals surface area contributed by atoms with E-state index in [1.54, 1.807) is 23.9 Å². The van der Waals surface area contributed by atoms with Crippen molar-refractivity contribution in [2.45, 2.75) is 32.7 Å². The maximum atomic E-state index is 13.3. The van der Waals surface area contributed by atoms with Gasteiger partial charge in [-0.2, -0.15) is 0 Å². The van der Waals surface area contributed by atoms with Gasteiger partial charge in [0.15, 0.2) is 6.54 Å². The SMILES string of the molecule is Cc1cccc(C[NH+](CC(=O)N2CCS[C@@H]2c2ccc(F)cc2)CC(C)C)c1. The van der Waals surface area contributed by atoms with Crippen LogP contribution < -0.4 is 4.90 Å². The normalized spacial score (nSPS) is 17.9. The molecule has 1 aliphatic rings. The lowest BCUT2D eigenvalue weighted by Crippen LogP contribution is -3.12. The number of nitrogens with one attached hydrogen (secondary N) is 1. The zero-order valence-corrected chi connectivity index (χ0v) is 17.8. The van der Waals surface area contributed by atoms with E-state index in [1.807, 2.05) is 4.90 Å². The lowest BCUT2D eigenvalue weighted by Gasteiger charge is -2.27. The highest BCUT2D eigenvalue weighted by atomic mass is 32.2. The third-order valence-corrected chi connectivity index (χ3v) is 6.26. The Labute approximate surface area is 171 Å². The first kappa shape index (κ1) is 20.9. The van der Waals surface area contributed by atoms with Crippen LogP contribution in [0, 0.1) is 18.7 Å². The Hall–Kier alpha value is -1.85. The van der Waals surface area contributed by atoms with Crippen LogP contribution in [0.2, 0.25) is 0 Å². The lowest BCUT2D eigenvalue weighted by atomic mass is 10.1. The number of benzene rings is 2. The van der Waals surface area contributed by atoms with Gasteiger partial charge < -0.3 is 9.80 Å². The number of hydrogen-bond acceptors (Lipinski definition) is 2. The van der Waals surface area contributed by atoms with E-state index in [-0.39, 0.29) is 17.1 Å². The fourth-order valence-electron chi connectivity index (χ4n) is 3.84. The zero-order valence-electron chi connectivity index (χ0n) is 17.0. The monoisotopic (exact) mass is 401 g/mol. The second-order valence-corrected chi connectivity index (χ2v) is 9.24. The summed E-state index contributed by atoms with van der Waals surface area (Å²) >= 11 is 1.76. The Morgan fingerprint density at radius 1 is 1.25 bits per heavy atom. The average molecular weight is 402 g/mol. The van der Waals surface area contributed by atoms with Crippen LogP contribution in [-0.2, 0) is 11.3 Å². The van der Waals surface area contributed by atoms with Gasteiger partial charge in [-0.25, -0.2) is 4.39 Å². The summed E-state index contributed by atoms with van der Waals surface area (Å²) in [6.07, 6.45) is 0. The fourth-order valence-corrected chi connectivity index (χ4v) is 5.12. The average Bonchev–Trinajstić information content (AvgIpc) is 3.11. The summed E-state index contributed by atoms with van der Waals surface area (Å²) < 4.78 is 13.3. The van der Waals surface area contributed by atoms with Crippen molar-refractivity contribution in [2.24, 2.45) is 5.92 Å². The molecule has 1 saturated heterocycles. The van der Waals surface area contributed by atoms with E-state index in [2.05, 4.69) is 45.0 Å². The summed E-state index contributed by atoms with van der Waals surface area (Å²) in [5.74, 6) is 1.39. The summed E-state index contributed by atoms with van der Waals surface area (Å²) in [6.45, 7) is 9.57. The van der Waals surface area contributed by atoms with E-state index in [9.17, 15) is 9.18 Å². The van der Waals surface area contributed by atoms with Crippen LogP contribution in [0.4, 0.5) is 4.39 Å². The molecule has 1 amide bonds. The van der Waals surface area contributed by atoms with Gasteiger partial charge in [-0.3, -0.25) is 4.79 Å². The van der Waals surface area contributed by atoms with Crippen molar-refractivity contribution in [1.82, 2.24) is 4.90 Å². The minimum absolute atomic E-state index is 0.00707. The number of halogens is 1. The molecule has 1 unspecified atom stereocenters. The van der Waals surface area contributed by atoms with E-state index in [4.69, 9.17) is 0 Å². The number of carbonyl (C=O) groups is 1. The Bertz CT molecular complexity index is 793. The molecule has 2 atom stereocenters. The standard InChI is InChI=1S/C23H29FN2OS/c1-17(2)14-25(15-19-6-4-5-18(3)13-19)16-22(27)26-11-12-28-23(26)20-7-9-21(24)10-8-20/h4-10,13,17,23H,11-12,14-16H2,1-3H3/p+1/t23-/m1/s1. The Balaban J connectivity index is 1.70. The van der Waals surface area contributed by atoms with Gasteiger partial charge >= 0.3 is 0 Å². The number of carbonyl (C=O) groups excluding carboxylic acids is 1. The molecule has 1 heterocycles. The van der Waals surface area contributed by atoms with E-state index in [1.165, 1.54) is 28.2 Å². The molecule has 1 fully saturated rings. The maximum Gasteiger partial charge on any atom is 0.278 e. The summed E-state index contributed by atoms with van der Waals surface area (Å²) in [6, 6.07) is 15.1. The van der Waals surface area contributed by atoms with Crippen molar-refractivity contribution in [3.05, 3.63) is 71.0 Å². The predicted molar refractivity (Wildman–Crippen MR) is 114 cm³/mol. The first-order chi connectivity index (χ1) is 13.4. The van der Waals surface area contributed by atoms with Crippen molar-refractivity contribution < 1.29 is 14.1 Å². The molecule has 0 radical (unpaired) electrons. The van der Waals surface area contributed by atoms with Crippen LogP contribution in [-0.4, -0.2) is 36.2 Å². The van der Waals surface area contributed by atoms with E-state index in [0.29, 0.717) is 12.5 Å². The van der Waals surface area contributed by atoms with Gasteiger partial charge in [-0.1, -0.05) is 55.8 Å². The van der Waals surface area contributed by atoms with Crippen LogP contribution in [0.15, 0.2) is 48.5 Å². The summed E-state index contributed by atoms with van der Waals surface area (Å²) in [4.78, 5) is 16.4. The predicted octanol–water partition coefficient (Wildman–Crippen LogP) is 3.45. The van der Waals surface area contributed by atoms with Crippen LogP contribution >= 0.6 is 11.8 Å². The van der Waals surface area contributed by atoms with Crippen LogP contribution in [0.1, 0.15) is 35.9 Å². The molecule has 3 nitrogen and oxygen atoms in total. The van der Waals surface area contributed by atoms with Crippen molar-refractivity contribution in [3.63, 3.8) is 0 Å². The highest BCUT2D eigenvalue weighted by Gasteiger charge is 2.32. The van der Waals surface area contributed by atoms with Crippen LogP contribution in [0.5, 0.6) is 0 Å². The molecule has 0 saturated carbocycles. The second kappa shape index (κ2) is 9.57. The molecule has 0 bridgehead atoms. The fraction of sp³-hybridized carbons (Fsp3) is 0.435. The summed E-state index contributed by atoms with van der Waals surface area (Å²) in [5.41, 5.74) is 3.52. The van der Waals surface area contributed by atoms with E-state index >= 15 is 0 Å². The van der Waals surface area contributed by atoms with E-state index in [0.717, 1.165) is 31.0 Å². The molecular weight excluding hydrogens is 371 g/mol. The van der Waals surface area contributed by atoms with Gasteiger partial charge in [0.1, 0.15) is 17.7 Å². The maximum absolute atomic E-state index is 13.3. The van der Waals surface area contributed by atoms with Gasteiger partial charge in [0.25, 0.3) is 5.91 Å². The van der Waals surface area contributed by atoms with Crippen molar-refractivity contribution >= 4 is 17.7 Å². The van der Waals surface area contributed by atoms with Gasteiger partial charge in [0, 0.05) is 23.8 Å². The molecule has 28 heavy (non-hydrogen) atoms. The quantitative estimate of drug-likeness (QED) is 0.769. The number of quaternary nitrogens is 1. The molecular formula is C23H30FN2OS+.